The number of aromatic nitrogens is 3. The van der Waals surface area contributed by atoms with Gasteiger partial charge in [-0.05, 0) is 43.2 Å². The predicted molar refractivity (Wildman–Crippen MR) is 136 cm³/mol. The number of nitrogens with one attached hydrogen (secondary N) is 1. The van der Waals surface area contributed by atoms with Crippen molar-refractivity contribution >= 4 is 29.1 Å². The zero-order valence-corrected chi connectivity index (χ0v) is 20.6. The quantitative estimate of drug-likeness (QED) is 0.211. The molecule has 1 N–H and O–H groups in total. The summed E-state index contributed by atoms with van der Waals surface area (Å²) in [6.07, 6.45) is 2.91. The van der Waals surface area contributed by atoms with E-state index in [4.69, 9.17) is 25.7 Å². The fourth-order valence-corrected chi connectivity index (χ4v) is 4.82. The van der Waals surface area contributed by atoms with E-state index in [-0.39, 0.29) is 0 Å². The maximum atomic E-state index is 6.34. The molecule has 0 unspecified atom stereocenters. The third-order valence-electron chi connectivity index (χ3n) is 5.73. The minimum absolute atomic E-state index is 0.437. The van der Waals surface area contributed by atoms with Gasteiger partial charge in [0.2, 0.25) is 17.3 Å². The van der Waals surface area contributed by atoms with Crippen LogP contribution in [0.4, 0.5) is 5.69 Å². The van der Waals surface area contributed by atoms with Gasteiger partial charge in [-0.2, -0.15) is 4.98 Å². The van der Waals surface area contributed by atoms with Crippen molar-refractivity contribution in [1.82, 2.24) is 15.2 Å². The van der Waals surface area contributed by atoms with E-state index in [0.717, 1.165) is 40.3 Å². The Hall–Kier alpha value is -3.03. The molecule has 1 aliphatic heterocycles. The number of anilines is 1. The van der Waals surface area contributed by atoms with Gasteiger partial charge in [0, 0.05) is 27.6 Å². The van der Waals surface area contributed by atoms with Crippen LogP contribution in [0.5, 0.6) is 5.88 Å². The third kappa shape index (κ3) is 4.63. The second-order valence-corrected chi connectivity index (χ2v) is 9.58. The SMILES string of the molecule is CCCCCSc1nnc2c(n1)O[C@H](c1ccc(-c3cccc(Cl)c3C)o1)Nc1ccccc1-2. The average molecular weight is 493 g/mol. The summed E-state index contributed by atoms with van der Waals surface area (Å²) < 4.78 is 12.6. The number of furan rings is 1. The lowest BCUT2D eigenvalue weighted by molar-refractivity contribution is 0.196. The minimum atomic E-state index is -0.578. The van der Waals surface area contributed by atoms with Crippen molar-refractivity contribution in [3.05, 3.63) is 70.9 Å². The lowest BCUT2D eigenvalue weighted by atomic mass is 10.1. The molecule has 2 aromatic heterocycles. The van der Waals surface area contributed by atoms with Crippen molar-refractivity contribution in [1.29, 1.82) is 0 Å². The topological polar surface area (TPSA) is 73.1 Å². The van der Waals surface area contributed by atoms with Crippen LogP contribution in [0.3, 0.4) is 0 Å². The maximum absolute atomic E-state index is 6.34. The average Bonchev–Trinajstić information content (AvgIpc) is 3.27. The van der Waals surface area contributed by atoms with Gasteiger partial charge in [-0.15, -0.1) is 10.2 Å². The molecule has 2 aromatic carbocycles. The molecule has 5 rings (SSSR count). The standard InChI is InChI=1S/C26H25ClN4O2S/c1-3-4-7-15-34-26-29-25-23(30-31-26)18-9-5-6-12-20(18)28-24(33-25)22-14-13-21(32-22)17-10-8-11-19(27)16(17)2/h5-6,8-14,24,28H,3-4,7,15H2,1-2H3/t24-/m1/s1. The van der Waals surface area contributed by atoms with Crippen LogP contribution in [0.1, 0.15) is 43.7 Å². The van der Waals surface area contributed by atoms with Gasteiger partial charge in [0.15, 0.2) is 11.5 Å². The number of benzene rings is 2. The molecule has 174 valence electrons. The molecule has 8 heteroatoms. The van der Waals surface area contributed by atoms with Gasteiger partial charge in [-0.25, -0.2) is 0 Å². The molecule has 0 radical (unpaired) electrons. The normalized spacial score (nSPS) is 14.5. The second kappa shape index (κ2) is 10.1. The second-order valence-electron chi connectivity index (χ2n) is 8.11. The highest BCUT2D eigenvalue weighted by Crippen LogP contribution is 2.40. The van der Waals surface area contributed by atoms with Crippen LogP contribution < -0.4 is 10.1 Å². The molecule has 4 aromatic rings. The number of nitrogens with zero attached hydrogens (tertiary/aromatic N) is 3. The van der Waals surface area contributed by atoms with E-state index < -0.39 is 6.23 Å². The first-order valence-corrected chi connectivity index (χ1v) is 12.8. The molecular formula is C26H25ClN4O2S. The lowest BCUT2D eigenvalue weighted by Crippen LogP contribution is -2.16. The zero-order valence-electron chi connectivity index (χ0n) is 19.0. The number of para-hydroxylation sites is 1. The highest BCUT2D eigenvalue weighted by Gasteiger charge is 2.28. The van der Waals surface area contributed by atoms with Crippen LogP contribution in [-0.4, -0.2) is 20.9 Å². The van der Waals surface area contributed by atoms with E-state index in [9.17, 15) is 0 Å². The Bertz CT molecular complexity index is 1310. The van der Waals surface area contributed by atoms with Crippen LogP contribution >= 0.6 is 23.4 Å². The fraction of sp³-hybridized carbons (Fsp3) is 0.269. The van der Waals surface area contributed by atoms with E-state index in [1.807, 2.05) is 61.5 Å². The van der Waals surface area contributed by atoms with E-state index in [0.29, 0.717) is 27.5 Å². The molecular weight excluding hydrogens is 468 g/mol. The molecule has 1 aliphatic rings. The van der Waals surface area contributed by atoms with Crippen LogP contribution in [0.2, 0.25) is 5.02 Å². The van der Waals surface area contributed by atoms with Gasteiger partial charge in [0.1, 0.15) is 5.76 Å². The highest BCUT2D eigenvalue weighted by molar-refractivity contribution is 7.99. The van der Waals surface area contributed by atoms with E-state index in [1.54, 1.807) is 11.8 Å². The van der Waals surface area contributed by atoms with Gasteiger partial charge in [-0.3, -0.25) is 0 Å². The molecule has 0 fully saturated rings. The molecule has 6 nitrogen and oxygen atoms in total. The Morgan fingerprint density at radius 2 is 1.85 bits per heavy atom. The molecule has 0 aliphatic carbocycles. The number of hydrogen-bond donors (Lipinski definition) is 1. The Labute approximate surface area is 208 Å². The Balaban J connectivity index is 1.48. The Kier molecular flexibility index (Phi) is 6.74. The molecule has 0 amide bonds. The summed E-state index contributed by atoms with van der Waals surface area (Å²) in [7, 11) is 0. The number of thioether (sulfide) groups is 1. The van der Waals surface area contributed by atoms with Gasteiger partial charge in [-0.1, -0.05) is 73.5 Å². The molecule has 0 saturated heterocycles. The van der Waals surface area contributed by atoms with E-state index in [1.165, 1.54) is 12.8 Å². The van der Waals surface area contributed by atoms with Gasteiger partial charge in [0.25, 0.3) is 0 Å². The molecule has 34 heavy (non-hydrogen) atoms. The Morgan fingerprint density at radius 1 is 1.00 bits per heavy atom. The van der Waals surface area contributed by atoms with Crippen molar-refractivity contribution in [2.24, 2.45) is 0 Å². The van der Waals surface area contributed by atoms with Crippen LogP contribution in [0.25, 0.3) is 22.6 Å². The first kappa shape index (κ1) is 22.7. The molecule has 3 heterocycles. The largest absolute Gasteiger partial charge is 0.455 e. The van der Waals surface area contributed by atoms with Crippen molar-refractivity contribution in [3.63, 3.8) is 0 Å². The number of halogens is 1. The van der Waals surface area contributed by atoms with Crippen LogP contribution in [-0.2, 0) is 0 Å². The van der Waals surface area contributed by atoms with Gasteiger partial charge >= 0.3 is 0 Å². The third-order valence-corrected chi connectivity index (χ3v) is 7.06. The summed E-state index contributed by atoms with van der Waals surface area (Å²) in [6.45, 7) is 4.17. The fourth-order valence-electron chi connectivity index (χ4n) is 3.87. The number of rotatable bonds is 7. The number of ether oxygens (including phenoxy) is 1. The Morgan fingerprint density at radius 3 is 2.74 bits per heavy atom. The monoisotopic (exact) mass is 492 g/mol. The zero-order chi connectivity index (χ0) is 23.5. The molecule has 1 atom stereocenters. The summed E-state index contributed by atoms with van der Waals surface area (Å²) in [4.78, 5) is 4.70. The van der Waals surface area contributed by atoms with Crippen LogP contribution in [0, 0.1) is 6.92 Å². The lowest BCUT2D eigenvalue weighted by Gasteiger charge is -2.17. The summed E-state index contributed by atoms with van der Waals surface area (Å²) in [5.41, 5.74) is 4.30. The first-order valence-electron chi connectivity index (χ1n) is 11.4. The summed E-state index contributed by atoms with van der Waals surface area (Å²) in [5, 5.41) is 13.6. The van der Waals surface area contributed by atoms with Crippen molar-refractivity contribution in [2.75, 3.05) is 11.1 Å². The van der Waals surface area contributed by atoms with Crippen LogP contribution in [0.15, 0.2) is 64.2 Å². The van der Waals surface area contributed by atoms with Crippen molar-refractivity contribution in [2.45, 2.75) is 44.5 Å². The summed E-state index contributed by atoms with van der Waals surface area (Å²) in [5.74, 6) is 2.75. The minimum Gasteiger partial charge on any atom is -0.455 e. The number of fused-ring (bicyclic) bond motifs is 3. The van der Waals surface area contributed by atoms with E-state index >= 15 is 0 Å². The van der Waals surface area contributed by atoms with Crippen molar-refractivity contribution < 1.29 is 9.15 Å². The molecule has 0 saturated carbocycles. The maximum Gasteiger partial charge on any atom is 0.247 e. The smallest absolute Gasteiger partial charge is 0.247 e. The molecule has 0 bridgehead atoms. The number of unbranched alkanes of at least 4 members (excludes halogenated alkanes) is 2. The van der Waals surface area contributed by atoms with Gasteiger partial charge in [0.05, 0.1) is 0 Å². The van der Waals surface area contributed by atoms with E-state index in [2.05, 4.69) is 22.4 Å². The van der Waals surface area contributed by atoms with Crippen molar-refractivity contribution in [3.8, 4) is 28.5 Å². The first-order chi connectivity index (χ1) is 16.6. The predicted octanol–water partition coefficient (Wildman–Crippen LogP) is 7.55. The summed E-state index contributed by atoms with van der Waals surface area (Å²) in [6, 6.07) is 17.5. The van der Waals surface area contributed by atoms with Gasteiger partial charge < -0.3 is 14.5 Å². The summed E-state index contributed by atoms with van der Waals surface area (Å²) >= 11 is 7.92. The number of hydrogen-bond acceptors (Lipinski definition) is 7. The highest BCUT2D eigenvalue weighted by atomic mass is 35.5. The molecule has 0 spiro atoms.